The van der Waals surface area contributed by atoms with Crippen LogP contribution in [0.15, 0.2) is 42.5 Å². The fourth-order valence-electron chi connectivity index (χ4n) is 3.11. The molecule has 1 saturated heterocycles. The maximum atomic E-state index is 12.4. The molecule has 0 spiro atoms. The van der Waals surface area contributed by atoms with Gasteiger partial charge in [-0.1, -0.05) is 24.3 Å². The van der Waals surface area contributed by atoms with Gasteiger partial charge >= 0.3 is 0 Å². The van der Waals surface area contributed by atoms with Crippen LogP contribution in [0.5, 0.6) is 5.75 Å². The predicted molar refractivity (Wildman–Crippen MR) is 106 cm³/mol. The van der Waals surface area contributed by atoms with Crippen LogP contribution in [0.4, 0.5) is 11.4 Å². The summed E-state index contributed by atoms with van der Waals surface area (Å²) in [6.45, 7) is 8.02. The van der Waals surface area contributed by atoms with Crippen molar-refractivity contribution in [2.75, 3.05) is 50.1 Å². The molecule has 0 unspecified atom stereocenters. The first-order valence-corrected chi connectivity index (χ1v) is 9.06. The number of amides is 1. The number of anilines is 2. The van der Waals surface area contributed by atoms with Crippen molar-refractivity contribution in [3.05, 3.63) is 53.6 Å². The van der Waals surface area contributed by atoms with E-state index in [1.54, 1.807) is 0 Å². The summed E-state index contributed by atoms with van der Waals surface area (Å²) in [5.74, 6) is 0.611. The van der Waals surface area contributed by atoms with E-state index in [0.717, 1.165) is 54.4 Å². The summed E-state index contributed by atoms with van der Waals surface area (Å²) in [5.41, 5.74) is 4.13. The number of ether oxygens (including phenoxy) is 1. The molecule has 1 aliphatic rings. The number of piperazine rings is 1. The summed E-state index contributed by atoms with van der Waals surface area (Å²) < 4.78 is 5.72. The first-order valence-electron chi connectivity index (χ1n) is 9.06. The summed E-state index contributed by atoms with van der Waals surface area (Å²) >= 11 is 0. The summed E-state index contributed by atoms with van der Waals surface area (Å²) in [6, 6.07) is 13.8. The van der Waals surface area contributed by atoms with Crippen LogP contribution < -0.4 is 15.0 Å². The van der Waals surface area contributed by atoms with Crippen LogP contribution >= 0.6 is 0 Å². The summed E-state index contributed by atoms with van der Waals surface area (Å²) in [4.78, 5) is 17.0. The third kappa shape index (κ3) is 4.35. The van der Waals surface area contributed by atoms with Crippen molar-refractivity contribution < 1.29 is 9.53 Å². The van der Waals surface area contributed by atoms with Crippen molar-refractivity contribution in [1.29, 1.82) is 0 Å². The number of nitrogens with one attached hydrogen (secondary N) is 1. The van der Waals surface area contributed by atoms with Gasteiger partial charge in [-0.05, 0) is 50.2 Å². The Kier molecular flexibility index (Phi) is 5.78. The standard InChI is InChI=1S/C21H27N3O2/c1-16-7-6-10-20(17(16)2)26-15-21(25)22-18-8-4-5-9-19(18)24-13-11-23(3)12-14-24/h4-10H,11-15H2,1-3H3,(H,22,25). The Balaban J connectivity index is 1.63. The van der Waals surface area contributed by atoms with Gasteiger partial charge in [-0.2, -0.15) is 0 Å². The number of nitrogens with zero attached hydrogens (tertiary/aromatic N) is 2. The molecule has 0 aliphatic carbocycles. The van der Waals surface area contributed by atoms with E-state index >= 15 is 0 Å². The number of hydrogen-bond donors (Lipinski definition) is 1. The average Bonchev–Trinajstić information content (AvgIpc) is 2.64. The molecule has 5 heteroatoms. The first-order chi connectivity index (χ1) is 12.5. The zero-order valence-electron chi connectivity index (χ0n) is 15.8. The lowest BCUT2D eigenvalue weighted by Crippen LogP contribution is -2.44. The van der Waals surface area contributed by atoms with Gasteiger partial charge in [-0.15, -0.1) is 0 Å². The van der Waals surface area contributed by atoms with E-state index < -0.39 is 0 Å². The fourth-order valence-corrected chi connectivity index (χ4v) is 3.11. The van der Waals surface area contributed by atoms with Crippen molar-refractivity contribution in [2.45, 2.75) is 13.8 Å². The van der Waals surface area contributed by atoms with Gasteiger partial charge in [0.15, 0.2) is 6.61 Å². The Labute approximate surface area is 155 Å². The maximum Gasteiger partial charge on any atom is 0.262 e. The number of hydrogen-bond acceptors (Lipinski definition) is 4. The second-order valence-electron chi connectivity index (χ2n) is 6.84. The molecule has 3 rings (SSSR count). The molecule has 5 nitrogen and oxygen atoms in total. The third-order valence-corrected chi connectivity index (χ3v) is 4.94. The zero-order chi connectivity index (χ0) is 18.5. The highest BCUT2D eigenvalue weighted by Crippen LogP contribution is 2.26. The van der Waals surface area contributed by atoms with Gasteiger partial charge in [0.2, 0.25) is 0 Å². The van der Waals surface area contributed by atoms with Crippen LogP contribution in [-0.4, -0.2) is 50.6 Å². The van der Waals surface area contributed by atoms with E-state index in [2.05, 4.69) is 28.2 Å². The Morgan fingerprint density at radius 3 is 2.54 bits per heavy atom. The van der Waals surface area contributed by atoms with Gasteiger partial charge in [-0.3, -0.25) is 4.79 Å². The predicted octanol–water partition coefficient (Wildman–Crippen LogP) is 3.07. The molecule has 0 aromatic heterocycles. The largest absolute Gasteiger partial charge is 0.483 e. The Hall–Kier alpha value is -2.53. The lowest BCUT2D eigenvalue weighted by molar-refractivity contribution is -0.118. The molecular weight excluding hydrogens is 326 g/mol. The van der Waals surface area contributed by atoms with Gasteiger partial charge < -0.3 is 19.9 Å². The summed E-state index contributed by atoms with van der Waals surface area (Å²) in [6.07, 6.45) is 0. The van der Waals surface area contributed by atoms with Crippen LogP contribution in [0.25, 0.3) is 0 Å². The van der Waals surface area contributed by atoms with Crippen molar-refractivity contribution in [3.8, 4) is 5.75 Å². The molecule has 2 aromatic carbocycles. The maximum absolute atomic E-state index is 12.4. The second-order valence-corrected chi connectivity index (χ2v) is 6.84. The Morgan fingerprint density at radius 2 is 1.77 bits per heavy atom. The molecule has 1 aliphatic heterocycles. The average molecular weight is 353 g/mol. The number of likely N-dealkylation sites (N-methyl/N-ethyl adjacent to an activating group) is 1. The number of benzene rings is 2. The van der Waals surface area contributed by atoms with E-state index in [1.165, 1.54) is 0 Å². The lowest BCUT2D eigenvalue weighted by Gasteiger charge is -2.35. The zero-order valence-corrected chi connectivity index (χ0v) is 15.8. The molecule has 0 bridgehead atoms. The second kappa shape index (κ2) is 8.23. The molecular formula is C21H27N3O2. The minimum atomic E-state index is -0.146. The van der Waals surface area contributed by atoms with Crippen molar-refractivity contribution in [1.82, 2.24) is 4.90 Å². The summed E-state index contributed by atoms with van der Waals surface area (Å²) in [5, 5.41) is 3.00. The smallest absolute Gasteiger partial charge is 0.262 e. The quantitative estimate of drug-likeness (QED) is 0.897. The fraction of sp³-hybridized carbons (Fsp3) is 0.381. The molecule has 1 heterocycles. The van der Waals surface area contributed by atoms with Crippen LogP contribution in [0.2, 0.25) is 0 Å². The van der Waals surface area contributed by atoms with E-state index in [-0.39, 0.29) is 12.5 Å². The molecule has 2 aromatic rings. The summed E-state index contributed by atoms with van der Waals surface area (Å²) in [7, 11) is 2.13. The van der Waals surface area contributed by atoms with Gasteiger partial charge in [0, 0.05) is 26.2 Å². The SMILES string of the molecule is Cc1cccc(OCC(=O)Nc2ccccc2N2CCN(C)CC2)c1C. The highest BCUT2D eigenvalue weighted by atomic mass is 16.5. The Bertz CT molecular complexity index is 768. The first kappa shape index (κ1) is 18.3. The highest BCUT2D eigenvalue weighted by molar-refractivity contribution is 5.95. The number of carbonyl (C=O) groups is 1. The molecule has 1 amide bonds. The normalized spacial score (nSPS) is 15.0. The molecule has 0 radical (unpaired) electrons. The van der Waals surface area contributed by atoms with Crippen LogP contribution in [-0.2, 0) is 4.79 Å². The van der Waals surface area contributed by atoms with Crippen LogP contribution in [0.3, 0.4) is 0 Å². The minimum Gasteiger partial charge on any atom is -0.483 e. The highest BCUT2D eigenvalue weighted by Gasteiger charge is 2.17. The van der Waals surface area contributed by atoms with E-state index in [9.17, 15) is 4.79 Å². The third-order valence-electron chi connectivity index (χ3n) is 4.94. The molecule has 0 saturated carbocycles. The Morgan fingerprint density at radius 1 is 1.04 bits per heavy atom. The minimum absolute atomic E-state index is 0.00135. The number of para-hydroxylation sites is 2. The molecule has 26 heavy (non-hydrogen) atoms. The molecule has 1 N–H and O–H groups in total. The van der Waals surface area contributed by atoms with Crippen molar-refractivity contribution >= 4 is 17.3 Å². The van der Waals surface area contributed by atoms with E-state index in [4.69, 9.17) is 4.74 Å². The van der Waals surface area contributed by atoms with Gasteiger partial charge in [0.1, 0.15) is 5.75 Å². The number of rotatable bonds is 5. The molecule has 0 atom stereocenters. The topological polar surface area (TPSA) is 44.8 Å². The van der Waals surface area contributed by atoms with Crippen molar-refractivity contribution in [3.63, 3.8) is 0 Å². The monoisotopic (exact) mass is 353 g/mol. The molecule has 138 valence electrons. The van der Waals surface area contributed by atoms with Gasteiger partial charge in [-0.25, -0.2) is 0 Å². The van der Waals surface area contributed by atoms with E-state index in [0.29, 0.717) is 0 Å². The van der Waals surface area contributed by atoms with Crippen LogP contribution in [0, 0.1) is 13.8 Å². The van der Waals surface area contributed by atoms with E-state index in [1.807, 2.05) is 50.2 Å². The number of aryl methyl sites for hydroxylation is 1. The van der Waals surface area contributed by atoms with Crippen molar-refractivity contribution in [2.24, 2.45) is 0 Å². The van der Waals surface area contributed by atoms with Gasteiger partial charge in [0.25, 0.3) is 5.91 Å². The van der Waals surface area contributed by atoms with Crippen LogP contribution in [0.1, 0.15) is 11.1 Å². The lowest BCUT2D eigenvalue weighted by atomic mass is 10.1. The number of carbonyl (C=O) groups excluding carboxylic acids is 1. The van der Waals surface area contributed by atoms with Gasteiger partial charge in [0.05, 0.1) is 11.4 Å². The molecule has 1 fully saturated rings.